The molecule has 2 aromatic rings. The quantitative estimate of drug-likeness (QED) is 0.753. The first kappa shape index (κ1) is 8.41. The van der Waals surface area contributed by atoms with Gasteiger partial charge in [-0.25, -0.2) is 4.98 Å². The standard InChI is InChI=1S/C9H7ClN2O/c10-9-4-11-8-3-6(5-13)1-2-7(8)12-9/h1-4,13H,5H2. The van der Waals surface area contributed by atoms with Crippen LogP contribution in [0.5, 0.6) is 0 Å². The van der Waals surface area contributed by atoms with Crippen LogP contribution >= 0.6 is 11.6 Å². The SMILES string of the molecule is OCc1ccc2nc(Cl)cnc2c1. The topological polar surface area (TPSA) is 46.0 Å². The van der Waals surface area contributed by atoms with Gasteiger partial charge in [-0.05, 0) is 17.7 Å². The number of benzene rings is 1. The summed E-state index contributed by atoms with van der Waals surface area (Å²) in [6, 6.07) is 5.38. The van der Waals surface area contributed by atoms with E-state index in [1.807, 2.05) is 0 Å². The van der Waals surface area contributed by atoms with Crippen molar-refractivity contribution in [3.8, 4) is 0 Å². The first-order chi connectivity index (χ1) is 6.29. The number of aromatic nitrogens is 2. The predicted octanol–water partition coefficient (Wildman–Crippen LogP) is 1.78. The monoisotopic (exact) mass is 194 g/mol. The Kier molecular flexibility index (Phi) is 2.12. The highest BCUT2D eigenvalue weighted by Gasteiger charge is 1.98. The van der Waals surface area contributed by atoms with Crippen LogP contribution in [0.15, 0.2) is 24.4 Å². The van der Waals surface area contributed by atoms with Gasteiger partial charge in [-0.2, -0.15) is 0 Å². The van der Waals surface area contributed by atoms with Crippen molar-refractivity contribution in [3.63, 3.8) is 0 Å². The van der Waals surface area contributed by atoms with Gasteiger partial charge in [0.05, 0.1) is 23.8 Å². The molecule has 1 aromatic carbocycles. The third-order valence-corrected chi connectivity index (χ3v) is 1.94. The van der Waals surface area contributed by atoms with Crippen molar-refractivity contribution in [2.45, 2.75) is 6.61 Å². The van der Waals surface area contributed by atoms with Gasteiger partial charge < -0.3 is 5.11 Å². The fraction of sp³-hybridized carbons (Fsp3) is 0.111. The average molecular weight is 195 g/mol. The van der Waals surface area contributed by atoms with E-state index in [1.54, 1.807) is 18.2 Å². The van der Waals surface area contributed by atoms with Crippen molar-refractivity contribution in [1.82, 2.24) is 9.97 Å². The molecule has 1 heterocycles. The van der Waals surface area contributed by atoms with Gasteiger partial charge in [-0.3, -0.25) is 4.98 Å². The molecule has 0 fully saturated rings. The molecule has 4 heteroatoms. The Hall–Kier alpha value is -1.19. The van der Waals surface area contributed by atoms with Crippen molar-refractivity contribution in [2.24, 2.45) is 0 Å². The van der Waals surface area contributed by atoms with E-state index in [-0.39, 0.29) is 6.61 Å². The molecule has 2 rings (SSSR count). The molecule has 0 spiro atoms. The number of rotatable bonds is 1. The summed E-state index contributed by atoms with van der Waals surface area (Å²) in [6.45, 7) is 0.0141. The Bertz CT molecular complexity index is 445. The van der Waals surface area contributed by atoms with Crippen LogP contribution in [0.4, 0.5) is 0 Å². The molecule has 13 heavy (non-hydrogen) atoms. The Labute approximate surface area is 80.0 Å². The second-order valence-electron chi connectivity index (χ2n) is 2.67. The molecule has 0 aliphatic heterocycles. The fourth-order valence-electron chi connectivity index (χ4n) is 1.13. The van der Waals surface area contributed by atoms with Gasteiger partial charge in [0.1, 0.15) is 5.15 Å². The minimum Gasteiger partial charge on any atom is -0.392 e. The molecule has 0 amide bonds. The van der Waals surface area contributed by atoms with Crippen molar-refractivity contribution >= 4 is 22.6 Å². The molecule has 0 bridgehead atoms. The third kappa shape index (κ3) is 1.61. The van der Waals surface area contributed by atoms with Crippen LogP contribution < -0.4 is 0 Å². The molecular weight excluding hydrogens is 188 g/mol. The summed E-state index contributed by atoms with van der Waals surface area (Å²) >= 11 is 5.67. The Morgan fingerprint density at radius 3 is 2.92 bits per heavy atom. The molecule has 0 saturated carbocycles. The highest BCUT2D eigenvalue weighted by atomic mass is 35.5. The van der Waals surface area contributed by atoms with Gasteiger partial charge in [0.15, 0.2) is 0 Å². The molecule has 66 valence electrons. The fourth-order valence-corrected chi connectivity index (χ4v) is 1.27. The first-order valence-corrected chi connectivity index (χ1v) is 4.19. The summed E-state index contributed by atoms with van der Waals surface area (Å²) in [5.41, 5.74) is 2.31. The van der Waals surface area contributed by atoms with E-state index in [2.05, 4.69) is 9.97 Å². The Morgan fingerprint density at radius 2 is 2.15 bits per heavy atom. The molecule has 0 aliphatic rings. The van der Waals surface area contributed by atoms with E-state index in [0.29, 0.717) is 5.15 Å². The summed E-state index contributed by atoms with van der Waals surface area (Å²) in [5, 5.41) is 9.26. The van der Waals surface area contributed by atoms with Crippen molar-refractivity contribution in [1.29, 1.82) is 0 Å². The summed E-state index contributed by atoms with van der Waals surface area (Å²) in [5.74, 6) is 0. The highest BCUT2D eigenvalue weighted by Crippen LogP contribution is 2.14. The Balaban J connectivity index is 2.66. The molecule has 0 atom stereocenters. The van der Waals surface area contributed by atoms with Crippen LogP contribution in [0.2, 0.25) is 5.15 Å². The molecule has 1 aromatic heterocycles. The van der Waals surface area contributed by atoms with Gasteiger partial charge in [-0.1, -0.05) is 17.7 Å². The van der Waals surface area contributed by atoms with Crippen LogP contribution in [0, 0.1) is 0 Å². The maximum absolute atomic E-state index is 8.88. The van der Waals surface area contributed by atoms with Gasteiger partial charge in [0.2, 0.25) is 0 Å². The number of aliphatic hydroxyl groups excluding tert-OH is 1. The summed E-state index contributed by atoms with van der Waals surface area (Å²) in [6.07, 6.45) is 1.49. The lowest BCUT2D eigenvalue weighted by Crippen LogP contribution is -1.87. The highest BCUT2D eigenvalue weighted by molar-refractivity contribution is 6.29. The van der Waals surface area contributed by atoms with Crippen LogP contribution in [-0.2, 0) is 6.61 Å². The van der Waals surface area contributed by atoms with Crippen molar-refractivity contribution in [2.75, 3.05) is 0 Å². The molecule has 3 nitrogen and oxygen atoms in total. The normalized spacial score (nSPS) is 10.6. The zero-order valence-electron chi connectivity index (χ0n) is 6.74. The molecule has 0 saturated heterocycles. The molecular formula is C9H7ClN2O. The molecule has 0 aliphatic carbocycles. The molecule has 0 unspecified atom stereocenters. The van der Waals surface area contributed by atoms with Gasteiger partial charge in [-0.15, -0.1) is 0 Å². The summed E-state index contributed by atoms with van der Waals surface area (Å²) in [7, 11) is 0. The minimum absolute atomic E-state index is 0.0141. The number of hydrogen-bond acceptors (Lipinski definition) is 3. The van der Waals surface area contributed by atoms with Crippen molar-refractivity contribution in [3.05, 3.63) is 35.1 Å². The van der Waals surface area contributed by atoms with E-state index in [9.17, 15) is 0 Å². The summed E-state index contributed by atoms with van der Waals surface area (Å²) < 4.78 is 0. The molecule has 0 radical (unpaired) electrons. The largest absolute Gasteiger partial charge is 0.392 e. The third-order valence-electron chi connectivity index (χ3n) is 1.76. The Morgan fingerprint density at radius 1 is 1.31 bits per heavy atom. The van der Waals surface area contributed by atoms with Crippen molar-refractivity contribution < 1.29 is 5.11 Å². The molecule has 1 N–H and O–H groups in total. The zero-order chi connectivity index (χ0) is 9.26. The van der Waals surface area contributed by atoms with Gasteiger partial charge in [0.25, 0.3) is 0 Å². The van der Waals surface area contributed by atoms with E-state index in [4.69, 9.17) is 16.7 Å². The smallest absolute Gasteiger partial charge is 0.148 e. The lowest BCUT2D eigenvalue weighted by atomic mass is 10.2. The van der Waals surface area contributed by atoms with Gasteiger partial charge >= 0.3 is 0 Å². The lowest BCUT2D eigenvalue weighted by molar-refractivity contribution is 0.282. The van der Waals surface area contributed by atoms with E-state index in [0.717, 1.165) is 16.6 Å². The number of fused-ring (bicyclic) bond motifs is 1. The van der Waals surface area contributed by atoms with E-state index in [1.165, 1.54) is 6.20 Å². The maximum Gasteiger partial charge on any atom is 0.148 e. The van der Waals surface area contributed by atoms with Crippen LogP contribution in [0.1, 0.15) is 5.56 Å². The lowest BCUT2D eigenvalue weighted by Gasteiger charge is -1.99. The zero-order valence-corrected chi connectivity index (χ0v) is 7.49. The number of halogens is 1. The minimum atomic E-state index is 0.0141. The maximum atomic E-state index is 8.88. The number of nitrogens with zero attached hydrogens (tertiary/aromatic N) is 2. The first-order valence-electron chi connectivity index (χ1n) is 3.81. The van der Waals surface area contributed by atoms with Crippen LogP contribution in [0.25, 0.3) is 11.0 Å². The second kappa shape index (κ2) is 3.28. The second-order valence-corrected chi connectivity index (χ2v) is 3.06. The average Bonchev–Trinajstić information content (AvgIpc) is 2.17. The van der Waals surface area contributed by atoms with Crippen LogP contribution in [-0.4, -0.2) is 15.1 Å². The number of hydrogen-bond donors (Lipinski definition) is 1. The van der Waals surface area contributed by atoms with Gasteiger partial charge in [0, 0.05) is 0 Å². The predicted molar refractivity (Wildman–Crippen MR) is 50.5 cm³/mol. The van der Waals surface area contributed by atoms with E-state index < -0.39 is 0 Å². The number of aliphatic hydroxyl groups is 1. The van der Waals surface area contributed by atoms with E-state index >= 15 is 0 Å². The summed E-state index contributed by atoms with van der Waals surface area (Å²) in [4.78, 5) is 8.16. The van der Waals surface area contributed by atoms with Crippen LogP contribution in [0.3, 0.4) is 0 Å².